The molecule has 0 amide bonds. The minimum Gasteiger partial charge on any atom is -0.488 e. The van der Waals surface area contributed by atoms with Crippen molar-refractivity contribution in [1.82, 2.24) is 0 Å². The van der Waals surface area contributed by atoms with Gasteiger partial charge in [-0.3, -0.25) is 4.99 Å². The van der Waals surface area contributed by atoms with Crippen LogP contribution in [0.25, 0.3) is 0 Å². The lowest BCUT2D eigenvalue weighted by Gasteiger charge is -2.28. The topological polar surface area (TPSA) is 34.1 Å². The van der Waals surface area contributed by atoms with Crippen LogP contribution in [-0.2, 0) is 11.3 Å². The number of ether oxygens (including phenoxy) is 2. The van der Waals surface area contributed by atoms with Gasteiger partial charge in [0.2, 0.25) is 0 Å². The number of nitrogens with zero attached hydrogens (tertiary/aromatic N) is 2. The van der Waals surface area contributed by atoms with E-state index in [1.54, 1.807) is 24.4 Å². The molecule has 3 aromatic rings. The predicted molar refractivity (Wildman–Crippen MR) is 114 cm³/mol. The lowest BCUT2D eigenvalue weighted by Crippen LogP contribution is -2.36. The second-order valence-electron chi connectivity index (χ2n) is 6.79. The average Bonchev–Trinajstić information content (AvgIpc) is 2.79. The van der Waals surface area contributed by atoms with Gasteiger partial charge in [-0.15, -0.1) is 0 Å². The van der Waals surface area contributed by atoms with Crippen molar-refractivity contribution in [1.29, 1.82) is 0 Å². The summed E-state index contributed by atoms with van der Waals surface area (Å²) in [6.45, 7) is 3.53. The fourth-order valence-electron chi connectivity index (χ4n) is 3.20. The summed E-state index contributed by atoms with van der Waals surface area (Å²) in [6, 6.07) is 22.4. The number of para-hydroxylation sites is 1. The van der Waals surface area contributed by atoms with Gasteiger partial charge < -0.3 is 14.4 Å². The van der Waals surface area contributed by atoms with Crippen LogP contribution < -0.4 is 9.64 Å². The quantitative estimate of drug-likeness (QED) is 0.556. The number of aliphatic imine (C=N–C) groups is 1. The minimum atomic E-state index is -0.265. The summed E-state index contributed by atoms with van der Waals surface area (Å²) in [5.41, 5.74) is 3.42. The molecule has 0 unspecified atom stereocenters. The first-order valence-electron chi connectivity index (χ1n) is 9.72. The third kappa shape index (κ3) is 5.00. The molecule has 1 saturated heterocycles. The second-order valence-corrected chi connectivity index (χ2v) is 6.79. The van der Waals surface area contributed by atoms with Gasteiger partial charge in [-0.1, -0.05) is 30.3 Å². The van der Waals surface area contributed by atoms with Crippen molar-refractivity contribution in [2.24, 2.45) is 4.99 Å². The molecule has 5 heteroatoms. The molecule has 148 valence electrons. The van der Waals surface area contributed by atoms with E-state index >= 15 is 0 Å². The molecule has 29 heavy (non-hydrogen) atoms. The van der Waals surface area contributed by atoms with Gasteiger partial charge in [0.1, 0.15) is 18.2 Å². The fourth-order valence-corrected chi connectivity index (χ4v) is 3.20. The Morgan fingerprint density at radius 2 is 1.66 bits per heavy atom. The van der Waals surface area contributed by atoms with E-state index in [1.165, 1.54) is 11.8 Å². The third-order valence-electron chi connectivity index (χ3n) is 4.84. The zero-order valence-corrected chi connectivity index (χ0v) is 16.1. The van der Waals surface area contributed by atoms with E-state index < -0.39 is 0 Å². The first-order valence-corrected chi connectivity index (χ1v) is 9.72. The number of halogens is 1. The maximum atomic E-state index is 13.8. The van der Waals surface area contributed by atoms with E-state index in [0.29, 0.717) is 11.3 Å². The molecule has 0 saturated carbocycles. The van der Waals surface area contributed by atoms with Crippen LogP contribution in [0.5, 0.6) is 5.75 Å². The van der Waals surface area contributed by atoms with Crippen molar-refractivity contribution < 1.29 is 13.9 Å². The zero-order chi connectivity index (χ0) is 19.9. The molecule has 1 heterocycles. The Hall–Kier alpha value is -3.18. The molecule has 1 aliphatic heterocycles. The highest BCUT2D eigenvalue weighted by Gasteiger charge is 2.10. The van der Waals surface area contributed by atoms with Crippen molar-refractivity contribution in [3.05, 3.63) is 89.7 Å². The van der Waals surface area contributed by atoms with Crippen LogP contribution in [-0.4, -0.2) is 32.5 Å². The van der Waals surface area contributed by atoms with Crippen molar-refractivity contribution in [2.45, 2.75) is 6.61 Å². The Morgan fingerprint density at radius 1 is 0.931 bits per heavy atom. The number of benzene rings is 3. The second kappa shape index (κ2) is 9.34. The molecule has 0 atom stereocenters. The lowest BCUT2D eigenvalue weighted by molar-refractivity contribution is 0.122. The molecule has 0 bridgehead atoms. The monoisotopic (exact) mass is 390 g/mol. The molecule has 4 rings (SSSR count). The SMILES string of the molecule is Fc1ccccc1COc1ccccc1C=Nc1ccc(N2CCOCC2)cc1. The molecular weight excluding hydrogens is 367 g/mol. The predicted octanol–water partition coefficient (Wildman–Crippen LogP) is 4.99. The van der Waals surface area contributed by atoms with Gasteiger partial charge in [0.15, 0.2) is 0 Å². The summed E-state index contributed by atoms with van der Waals surface area (Å²) in [5, 5.41) is 0. The molecule has 0 N–H and O–H groups in total. The maximum Gasteiger partial charge on any atom is 0.129 e. The van der Waals surface area contributed by atoms with Gasteiger partial charge in [0, 0.05) is 36.1 Å². The molecule has 1 aliphatic rings. The standard InChI is InChI=1S/C24H23FN2O2/c25-23-7-3-1-6-20(23)18-29-24-8-4-2-5-19(24)17-26-21-9-11-22(12-10-21)27-13-15-28-16-14-27/h1-12,17H,13-16,18H2. The minimum absolute atomic E-state index is 0.172. The molecule has 0 aliphatic carbocycles. The Bertz CT molecular complexity index is 967. The highest BCUT2D eigenvalue weighted by atomic mass is 19.1. The Balaban J connectivity index is 1.43. The average molecular weight is 390 g/mol. The van der Waals surface area contributed by atoms with Gasteiger partial charge in [0.25, 0.3) is 0 Å². The molecular formula is C24H23FN2O2. The van der Waals surface area contributed by atoms with Gasteiger partial charge >= 0.3 is 0 Å². The number of anilines is 1. The number of hydrogen-bond donors (Lipinski definition) is 0. The van der Waals surface area contributed by atoms with Crippen LogP contribution >= 0.6 is 0 Å². The Labute approximate surface area is 170 Å². The van der Waals surface area contributed by atoms with E-state index in [9.17, 15) is 4.39 Å². The molecule has 0 aromatic heterocycles. The Morgan fingerprint density at radius 3 is 2.45 bits per heavy atom. The summed E-state index contributed by atoms with van der Waals surface area (Å²) in [4.78, 5) is 6.88. The molecule has 1 fully saturated rings. The van der Waals surface area contributed by atoms with Gasteiger partial charge in [-0.25, -0.2) is 4.39 Å². The molecule has 4 nitrogen and oxygen atoms in total. The third-order valence-corrected chi connectivity index (χ3v) is 4.84. The van der Waals surface area contributed by atoms with E-state index in [0.717, 1.165) is 37.6 Å². The zero-order valence-electron chi connectivity index (χ0n) is 16.1. The van der Waals surface area contributed by atoms with Crippen molar-refractivity contribution in [3.8, 4) is 5.75 Å². The highest BCUT2D eigenvalue weighted by molar-refractivity contribution is 5.85. The van der Waals surface area contributed by atoms with Crippen molar-refractivity contribution in [3.63, 3.8) is 0 Å². The van der Waals surface area contributed by atoms with E-state index in [4.69, 9.17) is 9.47 Å². The molecule has 0 spiro atoms. The number of rotatable bonds is 6. The smallest absolute Gasteiger partial charge is 0.129 e. The summed E-state index contributed by atoms with van der Waals surface area (Å²) in [7, 11) is 0. The Kier molecular flexibility index (Phi) is 6.17. The molecule has 0 radical (unpaired) electrons. The summed E-state index contributed by atoms with van der Waals surface area (Å²) in [5.74, 6) is 0.406. The van der Waals surface area contributed by atoms with Crippen LogP contribution in [0.15, 0.2) is 77.8 Å². The first-order chi connectivity index (χ1) is 14.3. The van der Waals surface area contributed by atoms with E-state index in [1.807, 2.05) is 36.4 Å². The van der Waals surface area contributed by atoms with Gasteiger partial charge in [-0.05, 0) is 42.5 Å². The largest absolute Gasteiger partial charge is 0.488 e. The van der Waals surface area contributed by atoms with Crippen molar-refractivity contribution >= 4 is 17.6 Å². The van der Waals surface area contributed by atoms with Crippen LogP contribution in [0.4, 0.5) is 15.8 Å². The molecule has 3 aromatic carbocycles. The van der Waals surface area contributed by atoms with Gasteiger partial charge in [-0.2, -0.15) is 0 Å². The van der Waals surface area contributed by atoms with Crippen LogP contribution in [0.3, 0.4) is 0 Å². The van der Waals surface area contributed by atoms with Crippen LogP contribution in [0, 0.1) is 5.82 Å². The first kappa shape index (κ1) is 19.2. The lowest BCUT2D eigenvalue weighted by atomic mass is 10.2. The summed E-state index contributed by atoms with van der Waals surface area (Å²) >= 11 is 0. The fraction of sp³-hybridized carbons (Fsp3) is 0.208. The van der Waals surface area contributed by atoms with E-state index in [2.05, 4.69) is 22.0 Å². The van der Waals surface area contributed by atoms with Crippen LogP contribution in [0.2, 0.25) is 0 Å². The van der Waals surface area contributed by atoms with E-state index in [-0.39, 0.29) is 12.4 Å². The maximum absolute atomic E-state index is 13.8. The summed E-state index contributed by atoms with van der Waals surface area (Å²) < 4.78 is 25.1. The normalized spacial score (nSPS) is 14.3. The van der Waals surface area contributed by atoms with Crippen molar-refractivity contribution in [2.75, 3.05) is 31.2 Å². The highest BCUT2D eigenvalue weighted by Crippen LogP contribution is 2.23. The summed E-state index contributed by atoms with van der Waals surface area (Å²) in [6.07, 6.45) is 1.78. The van der Waals surface area contributed by atoms with Gasteiger partial charge in [0.05, 0.1) is 18.9 Å². The van der Waals surface area contributed by atoms with Crippen LogP contribution in [0.1, 0.15) is 11.1 Å². The number of morpholine rings is 1. The number of hydrogen-bond acceptors (Lipinski definition) is 4.